The molecule has 0 heterocycles. The second-order valence-electron chi connectivity index (χ2n) is 3.78. The van der Waals surface area contributed by atoms with Gasteiger partial charge in [0.15, 0.2) is 0 Å². The van der Waals surface area contributed by atoms with Gasteiger partial charge in [-0.05, 0) is 19.5 Å². The van der Waals surface area contributed by atoms with E-state index in [4.69, 9.17) is 0 Å². The lowest BCUT2D eigenvalue weighted by Crippen LogP contribution is -2.52. The highest BCUT2D eigenvalue weighted by molar-refractivity contribution is 5.28. The summed E-state index contributed by atoms with van der Waals surface area (Å²) in [5.74, 6) is -2.13. The van der Waals surface area contributed by atoms with Crippen LogP contribution in [0.5, 0.6) is 0 Å². The van der Waals surface area contributed by atoms with Crippen LogP contribution in [0.25, 0.3) is 0 Å². The summed E-state index contributed by atoms with van der Waals surface area (Å²) < 4.78 is 64.9. The summed E-state index contributed by atoms with van der Waals surface area (Å²) in [6.45, 7) is 2.31. The summed E-state index contributed by atoms with van der Waals surface area (Å²) >= 11 is 0. The molecule has 1 aromatic carbocycles. The molecule has 0 aromatic heterocycles. The number of alkyl halides is 3. The van der Waals surface area contributed by atoms with Crippen molar-refractivity contribution in [3.63, 3.8) is 0 Å². The van der Waals surface area contributed by atoms with E-state index in [1.165, 1.54) is 6.92 Å². The topological polar surface area (TPSA) is 12.0 Å². The van der Waals surface area contributed by atoms with E-state index in [9.17, 15) is 22.0 Å². The molecule has 0 aliphatic rings. The van der Waals surface area contributed by atoms with Gasteiger partial charge in [-0.1, -0.05) is 13.0 Å². The molecule has 96 valence electrons. The Hall–Kier alpha value is -1.17. The summed E-state index contributed by atoms with van der Waals surface area (Å²) in [6.07, 6.45) is -4.68. The van der Waals surface area contributed by atoms with Gasteiger partial charge in [0.1, 0.15) is 17.2 Å². The van der Waals surface area contributed by atoms with Crippen molar-refractivity contribution in [3.05, 3.63) is 35.4 Å². The predicted octanol–water partition coefficient (Wildman–Crippen LogP) is 3.35. The minimum Gasteiger partial charge on any atom is -0.300 e. The summed E-state index contributed by atoms with van der Waals surface area (Å²) in [7, 11) is 0. The van der Waals surface area contributed by atoms with Gasteiger partial charge in [-0.3, -0.25) is 0 Å². The highest BCUT2D eigenvalue weighted by Gasteiger charge is 2.53. The fourth-order valence-electron chi connectivity index (χ4n) is 1.60. The van der Waals surface area contributed by atoms with Crippen LogP contribution >= 0.6 is 0 Å². The van der Waals surface area contributed by atoms with Crippen LogP contribution in [-0.2, 0) is 5.54 Å². The first-order valence-corrected chi connectivity index (χ1v) is 4.99. The molecule has 0 aliphatic carbocycles. The molecule has 0 radical (unpaired) electrons. The van der Waals surface area contributed by atoms with Crippen molar-refractivity contribution in [1.29, 1.82) is 0 Å². The number of hydrogen-bond donors (Lipinski definition) is 1. The summed E-state index contributed by atoms with van der Waals surface area (Å²) in [6, 6.07) is 2.05. The van der Waals surface area contributed by atoms with Crippen LogP contribution in [0.1, 0.15) is 19.4 Å². The molecule has 0 amide bonds. The second-order valence-corrected chi connectivity index (χ2v) is 3.78. The molecule has 0 spiro atoms. The van der Waals surface area contributed by atoms with Crippen LogP contribution in [-0.4, -0.2) is 12.7 Å². The van der Waals surface area contributed by atoms with E-state index in [0.29, 0.717) is 6.07 Å². The van der Waals surface area contributed by atoms with Crippen molar-refractivity contribution < 1.29 is 22.0 Å². The lowest BCUT2D eigenvalue weighted by Gasteiger charge is -2.33. The molecule has 1 unspecified atom stereocenters. The predicted molar refractivity (Wildman–Crippen MR) is 53.4 cm³/mol. The highest BCUT2D eigenvalue weighted by Crippen LogP contribution is 2.39. The lowest BCUT2D eigenvalue weighted by atomic mass is 9.90. The fraction of sp³-hybridized carbons (Fsp3) is 0.455. The monoisotopic (exact) mass is 253 g/mol. The third-order valence-corrected chi connectivity index (χ3v) is 2.57. The fourth-order valence-corrected chi connectivity index (χ4v) is 1.60. The Kier molecular flexibility index (Phi) is 3.76. The average molecular weight is 253 g/mol. The zero-order valence-electron chi connectivity index (χ0n) is 9.33. The minimum atomic E-state index is -4.68. The van der Waals surface area contributed by atoms with Gasteiger partial charge in [-0.15, -0.1) is 0 Å². The minimum absolute atomic E-state index is 0.00677. The third-order valence-electron chi connectivity index (χ3n) is 2.57. The Bertz CT molecular complexity index is 401. The zero-order chi connectivity index (χ0) is 13.3. The molecule has 6 heteroatoms. The number of rotatable bonds is 3. The summed E-state index contributed by atoms with van der Waals surface area (Å²) in [5.41, 5.74) is -3.15. The van der Waals surface area contributed by atoms with Gasteiger partial charge >= 0.3 is 6.18 Å². The van der Waals surface area contributed by atoms with Gasteiger partial charge in [-0.2, -0.15) is 13.2 Å². The maximum absolute atomic E-state index is 13.4. The summed E-state index contributed by atoms with van der Waals surface area (Å²) in [5, 5.41) is 2.19. The van der Waals surface area contributed by atoms with Crippen LogP contribution in [0, 0.1) is 11.6 Å². The van der Waals surface area contributed by atoms with Crippen LogP contribution in [0.2, 0.25) is 0 Å². The van der Waals surface area contributed by atoms with E-state index in [0.717, 1.165) is 19.1 Å². The quantitative estimate of drug-likeness (QED) is 0.814. The number of halogens is 5. The van der Waals surface area contributed by atoms with E-state index in [-0.39, 0.29) is 6.54 Å². The maximum atomic E-state index is 13.4. The van der Waals surface area contributed by atoms with Gasteiger partial charge in [-0.25, -0.2) is 8.78 Å². The van der Waals surface area contributed by atoms with Crippen molar-refractivity contribution in [3.8, 4) is 0 Å². The normalized spacial score (nSPS) is 15.7. The Morgan fingerprint density at radius 1 is 1.18 bits per heavy atom. The molecule has 0 bridgehead atoms. The van der Waals surface area contributed by atoms with Crippen LogP contribution in [0.4, 0.5) is 22.0 Å². The summed E-state index contributed by atoms with van der Waals surface area (Å²) in [4.78, 5) is 0. The third kappa shape index (κ3) is 2.57. The van der Waals surface area contributed by atoms with Gasteiger partial charge in [0, 0.05) is 11.6 Å². The second kappa shape index (κ2) is 4.60. The molecule has 1 nitrogen and oxygen atoms in total. The molecule has 0 saturated carbocycles. The average Bonchev–Trinajstić information content (AvgIpc) is 2.15. The van der Waals surface area contributed by atoms with E-state index < -0.39 is 28.9 Å². The Morgan fingerprint density at radius 2 is 1.76 bits per heavy atom. The molecular weight excluding hydrogens is 241 g/mol. The largest absolute Gasteiger partial charge is 0.410 e. The van der Waals surface area contributed by atoms with Crippen molar-refractivity contribution in [1.82, 2.24) is 5.32 Å². The molecule has 1 N–H and O–H groups in total. The molecule has 1 rings (SSSR count). The molecule has 0 fully saturated rings. The Morgan fingerprint density at radius 3 is 2.18 bits per heavy atom. The van der Waals surface area contributed by atoms with Gasteiger partial charge < -0.3 is 5.32 Å². The van der Waals surface area contributed by atoms with Crippen molar-refractivity contribution in [2.45, 2.75) is 25.6 Å². The Labute approximate surface area is 95.6 Å². The van der Waals surface area contributed by atoms with Crippen LogP contribution in [0.3, 0.4) is 0 Å². The number of hydrogen-bond acceptors (Lipinski definition) is 1. The van der Waals surface area contributed by atoms with Gasteiger partial charge in [0.25, 0.3) is 0 Å². The van der Waals surface area contributed by atoms with E-state index >= 15 is 0 Å². The Balaban J connectivity index is 3.32. The van der Waals surface area contributed by atoms with E-state index in [2.05, 4.69) is 5.32 Å². The van der Waals surface area contributed by atoms with Crippen molar-refractivity contribution in [2.24, 2.45) is 0 Å². The molecule has 17 heavy (non-hydrogen) atoms. The highest BCUT2D eigenvalue weighted by atomic mass is 19.4. The molecule has 0 saturated heterocycles. The lowest BCUT2D eigenvalue weighted by molar-refractivity contribution is -0.195. The van der Waals surface area contributed by atoms with E-state index in [1.807, 2.05) is 0 Å². The van der Waals surface area contributed by atoms with Crippen molar-refractivity contribution >= 4 is 0 Å². The maximum Gasteiger partial charge on any atom is 0.410 e. The smallest absolute Gasteiger partial charge is 0.300 e. The molecule has 1 atom stereocenters. The first-order chi connectivity index (χ1) is 7.72. The van der Waals surface area contributed by atoms with Crippen LogP contribution in [0.15, 0.2) is 18.2 Å². The standard InChI is InChI=1S/C11H12F5N/c1-3-17-10(2,11(14,15)16)8-5-4-7(12)6-9(8)13/h4-6,17H,3H2,1-2H3. The SMILES string of the molecule is CCNC(C)(c1ccc(F)cc1F)C(F)(F)F. The molecule has 1 aromatic rings. The van der Waals surface area contributed by atoms with Gasteiger partial charge in [0.05, 0.1) is 0 Å². The first kappa shape index (κ1) is 13.9. The number of benzene rings is 1. The van der Waals surface area contributed by atoms with Crippen molar-refractivity contribution in [2.75, 3.05) is 6.54 Å². The molecule has 0 aliphatic heterocycles. The first-order valence-electron chi connectivity index (χ1n) is 4.99. The zero-order valence-corrected chi connectivity index (χ0v) is 9.33. The molecular formula is C11H12F5N. The van der Waals surface area contributed by atoms with E-state index in [1.54, 1.807) is 0 Å². The van der Waals surface area contributed by atoms with Gasteiger partial charge in [0.2, 0.25) is 0 Å². The number of nitrogens with one attached hydrogen (secondary N) is 1. The van der Waals surface area contributed by atoms with Crippen LogP contribution < -0.4 is 5.32 Å².